The predicted octanol–water partition coefficient (Wildman–Crippen LogP) is 4.10. The van der Waals surface area contributed by atoms with Crippen LogP contribution in [-0.2, 0) is 19.5 Å². The molecule has 4 heteroatoms. The number of aromatic nitrogens is 2. The molecule has 1 aromatic heterocycles. The van der Waals surface area contributed by atoms with Gasteiger partial charge >= 0.3 is 0 Å². The highest BCUT2D eigenvalue weighted by molar-refractivity contribution is 5.36. The molecule has 1 N–H and O–H groups in total. The second-order valence-electron chi connectivity index (χ2n) is 7.63. The molecular formula is C21H27N3O. The molecule has 0 atom stereocenters. The lowest BCUT2D eigenvalue weighted by molar-refractivity contribution is 0.239. The van der Waals surface area contributed by atoms with Crippen LogP contribution in [0.1, 0.15) is 66.2 Å². The van der Waals surface area contributed by atoms with Crippen LogP contribution in [0.4, 0.5) is 0 Å². The third-order valence-corrected chi connectivity index (χ3v) is 5.63. The largest absolute Gasteiger partial charge is 0.508 e. The average molecular weight is 337 g/mol. The van der Waals surface area contributed by atoms with Gasteiger partial charge in [-0.15, -0.1) is 0 Å². The SMILES string of the molecule is Cc1ccc(O)c(CN2CCc3nc(C4CCCCC4)ncc3C2)c1. The quantitative estimate of drug-likeness (QED) is 0.916. The Kier molecular flexibility index (Phi) is 4.71. The zero-order chi connectivity index (χ0) is 17.2. The van der Waals surface area contributed by atoms with Gasteiger partial charge in [0, 0.05) is 55.0 Å². The minimum Gasteiger partial charge on any atom is -0.508 e. The fourth-order valence-electron chi connectivity index (χ4n) is 4.16. The maximum absolute atomic E-state index is 10.1. The molecule has 0 radical (unpaired) electrons. The van der Waals surface area contributed by atoms with E-state index in [0.29, 0.717) is 11.7 Å². The van der Waals surface area contributed by atoms with Crippen LogP contribution >= 0.6 is 0 Å². The number of nitrogens with zero attached hydrogens (tertiary/aromatic N) is 3. The number of fused-ring (bicyclic) bond motifs is 1. The molecule has 2 heterocycles. The first-order valence-electron chi connectivity index (χ1n) is 9.54. The molecule has 0 bridgehead atoms. The summed E-state index contributed by atoms with van der Waals surface area (Å²) < 4.78 is 0. The Morgan fingerprint density at radius 2 is 2.04 bits per heavy atom. The minimum atomic E-state index is 0.389. The van der Waals surface area contributed by atoms with Crippen molar-refractivity contribution in [3.8, 4) is 5.75 Å². The summed E-state index contributed by atoms with van der Waals surface area (Å²) in [6.45, 7) is 4.70. The van der Waals surface area contributed by atoms with Crippen LogP contribution in [0.15, 0.2) is 24.4 Å². The maximum Gasteiger partial charge on any atom is 0.131 e. The smallest absolute Gasteiger partial charge is 0.131 e. The Balaban J connectivity index is 1.47. The highest BCUT2D eigenvalue weighted by Gasteiger charge is 2.23. The van der Waals surface area contributed by atoms with Gasteiger partial charge in [0.1, 0.15) is 11.6 Å². The number of phenols is 1. The van der Waals surface area contributed by atoms with Crippen molar-refractivity contribution in [1.82, 2.24) is 14.9 Å². The van der Waals surface area contributed by atoms with Gasteiger partial charge in [-0.1, -0.05) is 37.0 Å². The summed E-state index contributed by atoms with van der Waals surface area (Å²) in [5, 5.41) is 10.1. The molecule has 1 aliphatic heterocycles. The number of phenolic OH excluding ortho intramolecular Hbond substituents is 1. The third-order valence-electron chi connectivity index (χ3n) is 5.63. The topological polar surface area (TPSA) is 49.2 Å². The lowest BCUT2D eigenvalue weighted by Gasteiger charge is -2.29. The van der Waals surface area contributed by atoms with Gasteiger partial charge in [0.05, 0.1) is 0 Å². The Bertz CT molecular complexity index is 753. The Hall–Kier alpha value is -1.94. The molecule has 25 heavy (non-hydrogen) atoms. The van der Waals surface area contributed by atoms with E-state index in [9.17, 15) is 5.11 Å². The summed E-state index contributed by atoms with van der Waals surface area (Å²) in [6, 6.07) is 5.82. The highest BCUT2D eigenvalue weighted by Crippen LogP contribution is 2.31. The number of hydrogen-bond donors (Lipinski definition) is 1. The van der Waals surface area contributed by atoms with Crippen molar-refractivity contribution in [2.45, 2.75) is 64.5 Å². The van der Waals surface area contributed by atoms with E-state index in [2.05, 4.69) is 24.1 Å². The molecule has 132 valence electrons. The van der Waals surface area contributed by atoms with Gasteiger partial charge in [-0.25, -0.2) is 9.97 Å². The molecule has 4 rings (SSSR count). The van der Waals surface area contributed by atoms with Crippen LogP contribution in [0.2, 0.25) is 0 Å². The number of aryl methyl sites for hydroxylation is 1. The molecule has 0 amide bonds. The van der Waals surface area contributed by atoms with E-state index < -0.39 is 0 Å². The summed E-state index contributed by atoms with van der Waals surface area (Å²) >= 11 is 0. The third kappa shape index (κ3) is 3.69. The van der Waals surface area contributed by atoms with E-state index in [0.717, 1.165) is 37.4 Å². The lowest BCUT2D eigenvalue weighted by atomic mass is 9.88. The van der Waals surface area contributed by atoms with Gasteiger partial charge in [-0.2, -0.15) is 0 Å². The van der Waals surface area contributed by atoms with Crippen LogP contribution in [0.5, 0.6) is 5.75 Å². The van der Waals surface area contributed by atoms with Crippen molar-refractivity contribution < 1.29 is 5.11 Å². The van der Waals surface area contributed by atoms with E-state index in [4.69, 9.17) is 9.97 Å². The van der Waals surface area contributed by atoms with E-state index >= 15 is 0 Å². The molecular weight excluding hydrogens is 310 g/mol. The summed E-state index contributed by atoms with van der Waals surface area (Å²) in [7, 11) is 0. The monoisotopic (exact) mass is 337 g/mol. The van der Waals surface area contributed by atoms with Crippen LogP contribution in [0.25, 0.3) is 0 Å². The first-order valence-corrected chi connectivity index (χ1v) is 9.54. The van der Waals surface area contributed by atoms with E-state index in [1.807, 2.05) is 6.07 Å². The summed E-state index contributed by atoms with van der Waals surface area (Å²) in [5.41, 5.74) is 4.67. The average Bonchev–Trinajstić information content (AvgIpc) is 2.65. The molecule has 4 nitrogen and oxygen atoms in total. The van der Waals surface area contributed by atoms with Gasteiger partial charge in [-0.05, 0) is 25.8 Å². The van der Waals surface area contributed by atoms with Crippen molar-refractivity contribution >= 4 is 0 Å². The standard InChI is InChI=1S/C21H27N3O/c1-15-7-8-20(25)17(11-15)13-24-10-9-19-18(14-24)12-22-21(23-19)16-5-3-2-4-6-16/h7-8,11-12,16,25H,2-6,9-10,13-14H2,1H3. The number of aromatic hydroxyl groups is 1. The molecule has 2 aliphatic rings. The van der Waals surface area contributed by atoms with E-state index in [1.165, 1.54) is 48.9 Å². The minimum absolute atomic E-state index is 0.389. The lowest BCUT2D eigenvalue weighted by Crippen LogP contribution is -2.31. The zero-order valence-corrected chi connectivity index (χ0v) is 15.0. The fourth-order valence-corrected chi connectivity index (χ4v) is 4.16. The van der Waals surface area contributed by atoms with Crippen LogP contribution < -0.4 is 0 Å². The van der Waals surface area contributed by atoms with Gasteiger partial charge in [0.2, 0.25) is 0 Å². The summed E-state index contributed by atoms with van der Waals surface area (Å²) in [4.78, 5) is 12.0. The molecule has 1 fully saturated rings. The van der Waals surface area contributed by atoms with Gasteiger partial charge in [0.25, 0.3) is 0 Å². The van der Waals surface area contributed by atoms with Crippen LogP contribution in [-0.4, -0.2) is 26.5 Å². The summed E-state index contributed by atoms with van der Waals surface area (Å²) in [5.74, 6) is 2.03. The van der Waals surface area contributed by atoms with Crippen molar-refractivity contribution in [2.24, 2.45) is 0 Å². The Labute approximate surface area is 149 Å². The fraction of sp³-hybridized carbons (Fsp3) is 0.524. The Morgan fingerprint density at radius 1 is 1.20 bits per heavy atom. The van der Waals surface area contributed by atoms with Crippen LogP contribution in [0.3, 0.4) is 0 Å². The zero-order valence-electron chi connectivity index (χ0n) is 15.0. The van der Waals surface area contributed by atoms with E-state index in [1.54, 1.807) is 6.07 Å². The molecule has 0 saturated heterocycles. The molecule has 1 aromatic carbocycles. The van der Waals surface area contributed by atoms with Gasteiger partial charge in [0.15, 0.2) is 0 Å². The van der Waals surface area contributed by atoms with Crippen molar-refractivity contribution in [3.63, 3.8) is 0 Å². The van der Waals surface area contributed by atoms with Gasteiger partial charge in [-0.3, -0.25) is 4.90 Å². The number of benzene rings is 1. The van der Waals surface area contributed by atoms with Crippen molar-refractivity contribution in [1.29, 1.82) is 0 Å². The number of hydrogen-bond acceptors (Lipinski definition) is 4. The molecule has 0 unspecified atom stereocenters. The normalized spacial score (nSPS) is 18.9. The second-order valence-corrected chi connectivity index (χ2v) is 7.63. The van der Waals surface area contributed by atoms with Gasteiger partial charge < -0.3 is 5.11 Å². The number of rotatable bonds is 3. The Morgan fingerprint density at radius 3 is 2.88 bits per heavy atom. The molecule has 1 aliphatic carbocycles. The molecule has 0 spiro atoms. The second kappa shape index (κ2) is 7.12. The van der Waals surface area contributed by atoms with E-state index in [-0.39, 0.29) is 0 Å². The summed E-state index contributed by atoms with van der Waals surface area (Å²) in [6.07, 6.45) is 9.52. The predicted molar refractivity (Wildman–Crippen MR) is 98.5 cm³/mol. The van der Waals surface area contributed by atoms with Crippen LogP contribution in [0, 0.1) is 6.92 Å². The highest BCUT2D eigenvalue weighted by atomic mass is 16.3. The first kappa shape index (κ1) is 16.5. The first-order chi connectivity index (χ1) is 12.2. The molecule has 1 saturated carbocycles. The van der Waals surface area contributed by atoms with Crippen molar-refractivity contribution in [3.05, 3.63) is 52.6 Å². The maximum atomic E-state index is 10.1. The van der Waals surface area contributed by atoms with Crippen molar-refractivity contribution in [2.75, 3.05) is 6.54 Å². The molecule has 2 aromatic rings.